The molecule has 3 rings (SSSR count). The van der Waals surface area contributed by atoms with Gasteiger partial charge in [-0.3, -0.25) is 4.98 Å². The van der Waals surface area contributed by atoms with E-state index in [0.29, 0.717) is 0 Å². The number of aromatic nitrogens is 1. The van der Waals surface area contributed by atoms with Crippen molar-refractivity contribution in [2.45, 2.75) is 0 Å². The van der Waals surface area contributed by atoms with Crippen LogP contribution in [0, 0.1) is 11.8 Å². The van der Waals surface area contributed by atoms with Crippen molar-refractivity contribution in [3.05, 3.63) is 18.5 Å². The van der Waals surface area contributed by atoms with E-state index in [-0.39, 0.29) is 30.6 Å². The van der Waals surface area contributed by atoms with E-state index in [0.717, 1.165) is 43.7 Å². The second kappa shape index (κ2) is 5.76. The Hall–Kier alpha value is -0.710. The van der Waals surface area contributed by atoms with Crippen molar-refractivity contribution in [3.8, 4) is 5.75 Å². The average Bonchev–Trinajstić information content (AvgIpc) is 2.76. The van der Waals surface area contributed by atoms with Crippen LogP contribution in [0.4, 0.5) is 5.69 Å². The highest BCUT2D eigenvalue weighted by atomic mass is 35.5. The molecule has 96 valence electrons. The molecule has 0 aromatic carbocycles. The lowest BCUT2D eigenvalue weighted by molar-refractivity contribution is 0.472. The van der Waals surface area contributed by atoms with E-state index in [1.807, 2.05) is 6.20 Å². The molecule has 0 saturated carbocycles. The van der Waals surface area contributed by atoms with Crippen LogP contribution in [0.25, 0.3) is 0 Å². The number of fused-ring (bicyclic) bond motifs is 1. The highest BCUT2D eigenvalue weighted by Crippen LogP contribution is 2.30. The molecule has 17 heavy (non-hydrogen) atoms. The molecular formula is C11H17Cl2N3O. The van der Waals surface area contributed by atoms with Gasteiger partial charge in [0.2, 0.25) is 0 Å². The maximum atomic E-state index is 9.37. The van der Waals surface area contributed by atoms with Crippen LogP contribution in [-0.4, -0.2) is 36.3 Å². The summed E-state index contributed by atoms with van der Waals surface area (Å²) in [7, 11) is 0. The van der Waals surface area contributed by atoms with Gasteiger partial charge in [0.05, 0.1) is 18.1 Å². The van der Waals surface area contributed by atoms with Crippen molar-refractivity contribution < 1.29 is 5.11 Å². The average molecular weight is 278 g/mol. The van der Waals surface area contributed by atoms with Gasteiger partial charge >= 0.3 is 0 Å². The molecule has 2 atom stereocenters. The zero-order valence-corrected chi connectivity index (χ0v) is 11.0. The number of aromatic hydroxyl groups is 1. The first-order chi connectivity index (χ1) is 7.33. The maximum absolute atomic E-state index is 9.37. The van der Waals surface area contributed by atoms with Crippen LogP contribution in [0.3, 0.4) is 0 Å². The molecule has 2 aliphatic heterocycles. The first kappa shape index (κ1) is 14.4. The summed E-state index contributed by atoms with van der Waals surface area (Å²) in [5, 5.41) is 12.8. The predicted molar refractivity (Wildman–Crippen MR) is 72.5 cm³/mol. The molecule has 2 N–H and O–H groups in total. The third-order valence-electron chi connectivity index (χ3n) is 3.46. The van der Waals surface area contributed by atoms with Gasteiger partial charge in [-0.25, -0.2) is 0 Å². The Labute approximate surface area is 113 Å². The van der Waals surface area contributed by atoms with Gasteiger partial charge < -0.3 is 15.3 Å². The summed E-state index contributed by atoms with van der Waals surface area (Å²) < 4.78 is 0. The Balaban J connectivity index is 0.000000722. The Kier molecular flexibility index (Phi) is 4.86. The van der Waals surface area contributed by atoms with E-state index >= 15 is 0 Å². The Morgan fingerprint density at radius 1 is 1.18 bits per heavy atom. The Morgan fingerprint density at radius 3 is 2.41 bits per heavy atom. The molecule has 0 bridgehead atoms. The molecule has 2 saturated heterocycles. The molecule has 0 radical (unpaired) electrons. The molecule has 2 aliphatic rings. The highest BCUT2D eigenvalue weighted by Gasteiger charge is 2.36. The quantitative estimate of drug-likeness (QED) is 0.812. The second-order valence-electron chi connectivity index (χ2n) is 4.48. The number of halogens is 2. The highest BCUT2D eigenvalue weighted by molar-refractivity contribution is 5.85. The lowest BCUT2D eigenvalue weighted by Crippen LogP contribution is -2.25. The van der Waals surface area contributed by atoms with Crippen molar-refractivity contribution in [2.75, 3.05) is 31.1 Å². The number of nitrogens with one attached hydrogen (secondary N) is 1. The van der Waals surface area contributed by atoms with Gasteiger partial charge in [-0.15, -0.1) is 24.8 Å². The molecular weight excluding hydrogens is 261 g/mol. The molecule has 0 unspecified atom stereocenters. The van der Waals surface area contributed by atoms with Gasteiger partial charge in [-0.05, 0) is 11.8 Å². The molecule has 3 heterocycles. The fourth-order valence-electron chi connectivity index (χ4n) is 2.66. The lowest BCUT2D eigenvalue weighted by Gasteiger charge is -2.19. The van der Waals surface area contributed by atoms with Gasteiger partial charge in [0.25, 0.3) is 0 Å². The van der Waals surface area contributed by atoms with Gasteiger partial charge in [-0.2, -0.15) is 0 Å². The Bertz CT molecular complexity index is 365. The minimum atomic E-state index is 0. The van der Waals surface area contributed by atoms with Gasteiger partial charge in [0.15, 0.2) is 0 Å². The van der Waals surface area contributed by atoms with Crippen LogP contribution in [0.5, 0.6) is 5.75 Å². The van der Waals surface area contributed by atoms with Crippen molar-refractivity contribution in [2.24, 2.45) is 11.8 Å². The minimum absolute atomic E-state index is 0. The van der Waals surface area contributed by atoms with Gasteiger partial charge in [0, 0.05) is 32.2 Å². The van der Waals surface area contributed by atoms with Gasteiger partial charge in [-0.1, -0.05) is 0 Å². The third kappa shape index (κ3) is 2.76. The van der Waals surface area contributed by atoms with Crippen LogP contribution in [0.1, 0.15) is 0 Å². The number of rotatable bonds is 1. The van der Waals surface area contributed by atoms with E-state index in [1.54, 1.807) is 6.07 Å². The first-order valence-corrected chi connectivity index (χ1v) is 5.42. The van der Waals surface area contributed by atoms with Gasteiger partial charge in [0.1, 0.15) is 5.75 Å². The van der Waals surface area contributed by atoms with Crippen LogP contribution >= 0.6 is 24.8 Å². The van der Waals surface area contributed by atoms with Crippen molar-refractivity contribution >= 4 is 30.5 Å². The number of hydrogen-bond donors (Lipinski definition) is 2. The summed E-state index contributed by atoms with van der Waals surface area (Å²) in [5.74, 6) is 1.79. The molecule has 2 fully saturated rings. The minimum Gasteiger partial charge on any atom is -0.506 e. The van der Waals surface area contributed by atoms with Crippen LogP contribution in [-0.2, 0) is 0 Å². The zero-order valence-electron chi connectivity index (χ0n) is 9.37. The molecule has 0 spiro atoms. The smallest absolute Gasteiger partial charge is 0.135 e. The van der Waals surface area contributed by atoms with E-state index in [4.69, 9.17) is 0 Å². The van der Waals surface area contributed by atoms with E-state index < -0.39 is 0 Å². The molecule has 4 nitrogen and oxygen atoms in total. The molecule has 0 amide bonds. The monoisotopic (exact) mass is 277 g/mol. The van der Waals surface area contributed by atoms with Crippen LogP contribution < -0.4 is 10.2 Å². The third-order valence-corrected chi connectivity index (χ3v) is 3.46. The summed E-state index contributed by atoms with van der Waals surface area (Å²) in [4.78, 5) is 6.34. The number of pyridine rings is 1. The summed E-state index contributed by atoms with van der Waals surface area (Å²) in [6.07, 6.45) is 3.30. The van der Waals surface area contributed by atoms with Crippen molar-refractivity contribution in [3.63, 3.8) is 0 Å². The predicted octanol–water partition coefficient (Wildman–Crippen LogP) is 1.29. The summed E-state index contributed by atoms with van der Waals surface area (Å²) >= 11 is 0. The standard InChI is InChI=1S/C11H15N3O.2ClH/c15-11-1-10(4-13-5-11)14-6-8-2-12-3-9(8)7-14;;/h1,4-5,8-9,12,15H,2-3,6-7H2;2*1H/t8-,9+;;. The van der Waals surface area contributed by atoms with E-state index in [1.165, 1.54) is 6.20 Å². The van der Waals surface area contributed by atoms with Crippen LogP contribution in [0.2, 0.25) is 0 Å². The fourth-order valence-corrected chi connectivity index (χ4v) is 2.66. The first-order valence-electron chi connectivity index (χ1n) is 5.42. The van der Waals surface area contributed by atoms with E-state index in [9.17, 15) is 5.11 Å². The zero-order chi connectivity index (χ0) is 10.3. The van der Waals surface area contributed by atoms with Crippen molar-refractivity contribution in [1.82, 2.24) is 10.3 Å². The maximum Gasteiger partial charge on any atom is 0.135 e. The number of hydrogen-bond acceptors (Lipinski definition) is 4. The molecule has 0 aliphatic carbocycles. The summed E-state index contributed by atoms with van der Waals surface area (Å²) in [5.41, 5.74) is 1.05. The summed E-state index contributed by atoms with van der Waals surface area (Å²) in [6.45, 7) is 4.44. The van der Waals surface area contributed by atoms with Crippen molar-refractivity contribution in [1.29, 1.82) is 0 Å². The Morgan fingerprint density at radius 2 is 1.82 bits per heavy atom. The molecule has 1 aromatic heterocycles. The molecule has 1 aromatic rings. The van der Waals surface area contributed by atoms with Crippen LogP contribution in [0.15, 0.2) is 18.5 Å². The normalized spacial score (nSPS) is 26.0. The second-order valence-corrected chi connectivity index (χ2v) is 4.48. The summed E-state index contributed by atoms with van der Waals surface area (Å²) in [6, 6.07) is 1.79. The molecule has 6 heteroatoms. The SMILES string of the molecule is Cl.Cl.Oc1cncc(N2C[C@H]3CNC[C@H]3C2)c1. The largest absolute Gasteiger partial charge is 0.506 e. The topological polar surface area (TPSA) is 48.4 Å². The number of anilines is 1. The van der Waals surface area contributed by atoms with E-state index in [2.05, 4.69) is 15.2 Å². The number of nitrogens with zero attached hydrogens (tertiary/aromatic N) is 2. The fraction of sp³-hybridized carbons (Fsp3) is 0.545. The lowest BCUT2D eigenvalue weighted by atomic mass is 10.0.